The van der Waals surface area contributed by atoms with Crippen LogP contribution in [0.5, 0.6) is 5.75 Å². The van der Waals surface area contributed by atoms with E-state index in [0.29, 0.717) is 12.3 Å². The molecule has 1 unspecified atom stereocenters. The normalized spacial score (nSPS) is 27.2. The molecule has 1 aromatic rings. The van der Waals surface area contributed by atoms with E-state index in [1.54, 1.807) is 7.11 Å². The minimum absolute atomic E-state index is 0.152. The topological polar surface area (TPSA) is 67.6 Å². The first kappa shape index (κ1) is 16.1. The predicted octanol–water partition coefficient (Wildman–Crippen LogP) is 1.91. The Balaban J connectivity index is 1.52. The summed E-state index contributed by atoms with van der Waals surface area (Å²) in [6.07, 6.45) is 4.85. The molecule has 1 heterocycles. The molecule has 3 rings (SSSR count). The predicted molar refractivity (Wildman–Crippen MR) is 91.7 cm³/mol. The molecular formula is C18H27N3O2. The van der Waals surface area contributed by atoms with E-state index in [9.17, 15) is 4.79 Å². The molecule has 3 atom stereocenters. The molecule has 2 aliphatic rings. The number of amides is 1. The summed E-state index contributed by atoms with van der Waals surface area (Å²) >= 11 is 0. The van der Waals surface area contributed by atoms with Crippen molar-refractivity contribution in [3.63, 3.8) is 0 Å². The Bertz CT molecular complexity index is 549. The second-order valence-corrected chi connectivity index (χ2v) is 6.73. The summed E-state index contributed by atoms with van der Waals surface area (Å²) in [5, 5.41) is 3.19. The van der Waals surface area contributed by atoms with Crippen molar-refractivity contribution in [2.75, 3.05) is 25.1 Å². The second-order valence-electron chi connectivity index (χ2n) is 6.73. The van der Waals surface area contributed by atoms with Gasteiger partial charge in [-0.15, -0.1) is 0 Å². The van der Waals surface area contributed by atoms with Gasteiger partial charge in [-0.05, 0) is 37.3 Å². The first-order valence-corrected chi connectivity index (χ1v) is 8.60. The number of methoxy groups -OCH3 is 1. The van der Waals surface area contributed by atoms with Crippen LogP contribution >= 0.6 is 0 Å². The number of nitrogens with one attached hydrogen (secondary N) is 1. The number of ether oxygens (including phenoxy) is 1. The average molecular weight is 317 g/mol. The number of hydrogen-bond donors (Lipinski definition) is 2. The fourth-order valence-corrected chi connectivity index (χ4v) is 3.83. The number of para-hydroxylation sites is 2. The van der Waals surface area contributed by atoms with E-state index < -0.39 is 0 Å². The van der Waals surface area contributed by atoms with Crippen LogP contribution in [0.15, 0.2) is 24.3 Å². The maximum atomic E-state index is 12.3. The van der Waals surface area contributed by atoms with E-state index in [1.165, 1.54) is 0 Å². The molecule has 0 aromatic heterocycles. The number of nitrogens with two attached hydrogens (primary N) is 1. The highest BCUT2D eigenvalue weighted by Crippen LogP contribution is 2.30. The minimum Gasteiger partial charge on any atom is -0.495 e. The summed E-state index contributed by atoms with van der Waals surface area (Å²) in [6, 6.07) is 8.45. The Hall–Kier alpha value is -1.75. The van der Waals surface area contributed by atoms with Crippen LogP contribution < -0.4 is 20.7 Å². The van der Waals surface area contributed by atoms with E-state index in [4.69, 9.17) is 10.5 Å². The summed E-state index contributed by atoms with van der Waals surface area (Å²) in [6.45, 7) is 1.77. The second kappa shape index (κ2) is 7.21. The summed E-state index contributed by atoms with van der Waals surface area (Å²) in [4.78, 5) is 14.5. The lowest BCUT2D eigenvalue weighted by Gasteiger charge is -2.22. The zero-order chi connectivity index (χ0) is 16.2. The number of carbonyl (C=O) groups is 1. The van der Waals surface area contributed by atoms with Gasteiger partial charge in [0.25, 0.3) is 0 Å². The first-order chi connectivity index (χ1) is 11.2. The van der Waals surface area contributed by atoms with Crippen LogP contribution in [0, 0.1) is 5.92 Å². The van der Waals surface area contributed by atoms with Gasteiger partial charge in [0.15, 0.2) is 0 Å². The van der Waals surface area contributed by atoms with Gasteiger partial charge in [-0.25, -0.2) is 0 Å². The Kier molecular flexibility index (Phi) is 5.06. The van der Waals surface area contributed by atoms with Crippen molar-refractivity contribution in [2.24, 2.45) is 11.7 Å². The van der Waals surface area contributed by atoms with Crippen LogP contribution in [-0.4, -0.2) is 38.2 Å². The van der Waals surface area contributed by atoms with Crippen molar-refractivity contribution in [1.29, 1.82) is 0 Å². The Morgan fingerprint density at radius 2 is 2.17 bits per heavy atom. The molecule has 0 radical (unpaired) electrons. The maximum absolute atomic E-state index is 12.3. The van der Waals surface area contributed by atoms with E-state index in [2.05, 4.69) is 16.3 Å². The van der Waals surface area contributed by atoms with Crippen molar-refractivity contribution < 1.29 is 9.53 Å². The molecule has 1 amide bonds. The molecule has 0 spiro atoms. The van der Waals surface area contributed by atoms with E-state index >= 15 is 0 Å². The van der Waals surface area contributed by atoms with Gasteiger partial charge in [-0.2, -0.15) is 0 Å². The Labute approximate surface area is 138 Å². The van der Waals surface area contributed by atoms with Gasteiger partial charge in [0, 0.05) is 31.6 Å². The molecule has 3 N–H and O–H groups in total. The van der Waals surface area contributed by atoms with Gasteiger partial charge in [-0.1, -0.05) is 18.6 Å². The third kappa shape index (κ3) is 3.78. The van der Waals surface area contributed by atoms with Gasteiger partial charge < -0.3 is 20.7 Å². The Morgan fingerprint density at radius 1 is 1.35 bits per heavy atom. The highest BCUT2D eigenvalue weighted by Gasteiger charge is 2.29. The van der Waals surface area contributed by atoms with Crippen LogP contribution in [-0.2, 0) is 4.79 Å². The van der Waals surface area contributed by atoms with Crippen molar-refractivity contribution >= 4 is 11.6 Å². The van der Waals surface area contributed by atoms with E-state index in [0.717, 1.165) is 50.2 Å². The lowest BCUT2D eigenvalue weighted by atomic mass is 9.99. The number of hydrogen-bond acceptors (Lipinski definition) is 4. The van der Waals surface area contributed by atoms with Crippen molar-refractivity contribution in [3.05, 3.63) is 24.3 Å². The van der Waals surface area contributed by atoms with E-state index in [-0.39, 0.29) is 18.0 Å². The lowest BCUT2D eigenvalue weighted by molar-refractivity contribution is -0.122. The molecule has 126 valence electrons. The minimum atomic E-state index is 0.152. The number of rotatable bonds is 5. The molecule has 23 heavy (non-hydrogen) atoms. The highest BCUT2D eigenvalue weighted by molar-refractivity contribution is 5.77. The fraction of sp³-hybridized carbons (Fsp3) is 0.611. The van der Waals surface area contributed by atoms with Crippen molar-refractivity contribution in [2.45, 2.75) is 44.2 Å². The van der Waals surface area contributed by atoms with Crippen molar-refractivity contribution in [1.82, 2.24) is 5.32 Å². The summed E-state index contributed by atoms with van der Waals surface area (Å²) in [5.74, 6) is 1.40. The molecule has 1 aliphatic heterocycles. The molecule has 1 aliphatic carbocycles. The zero-order valence-electron chi connectivity index (χ0n) is 13.8. The zero-order valence-corrected chi connectivity index (χ0v) is 13.8. The Morgan fingerprint density at radius 3 is 2.91 bits per heavy atom. The summed E-state index contributed by atoms with van der Waals surface area (Å²) in [5.41, 5.74) is 7.16. The lowest BCUT2D eigenvalue weighted by Crippen LogP contribution is -2.39. The van der Waals surface area contributed by atoms with Gasteiger partial charge >= 0.3 is 0 Å². The number of anilines is 1. The maximum Gasteiger partial charge on any atom is 0.220 e. The van der Waals surface area contributed by atoms with Crippen LogP contribution in [0.3, 0.4) is 0 Å². The number of nitrogens with zero attached hydrogens (tertiary/aromatic N) is 1. The van der Waals surface area contributed by atoms with Gasteiger partial charge in [0.05, 0.1) is 12.8 Å². The summed E-state index contributed by atoms with van der Waals surface area (Å²) in [7, 11) is 1.69. The van der Waals surface area contributed by atoms with Gasteiger partial charge in [-0.3, -0.25) is 4.79 Å². The standard InChI is InChI=1S/C18H27N3O2/c1-23-17-8-3-2-7-16(17)21-10-9-14(12-21)20-18(22)11-13-5-4-6-15(13)19/h2-3,7-8,13-15H,4-6,9-12,19H2,1H3,(H,20,22)/t13-,14?,15+/m0/s1. The van der Waals surface area contributed by atoms with Crippen LogP contribution in [0.1, 0.15) is 32.1 Å². The first-order valence-electron chi connectivity index (χ1n) is 8.60. The smallest absolute Gasteiger partial charge is 0.220 e. The number of carbonyl (C=O) groups excluding carboxylic acids is 1. The quantitative estimate of drug-likeness (QED) is 0.870. The SMILES string of the molecule is COc1ccccc1N1CCC(NC(=O)C[C@@H]2CCC[C@H]2N)C1. The molecular weight excluding hydrogens is 290 g/mol. The third-order valence-corrected chi connectivity index (χ3v) is 5.14. The molecule has 2 fully saturated rings. The highest BCUT2D eigenvalue weighted by atomic mass is 16.5. The fourth-order valence-electron chi connectivity index (χ4n) is 3.83. The largest absolute Gasteiger partial charge is 0.495 e. The van der Waals surface area contributed by atoms with Crippen LogP contribution in [0.2, 0.25) is 0 Å². The molecule has 5 nitrogen and oxygen atoms in total. The third-order valence-electron chi connectivity index (χ3n) is 5.14. The molecule has 1 saturated heterocycles. The molecule has 5 heteroatoms. The summed E-state index contributed by atoms with van der Waals surface area (Å²) < 4.78 is 5.43. The van der Waals surface area contributed by atoms with Gasteiger partial charge in [0.1, 0.15) is 5.75 Å². The monoisotopic (exact) mass is 317 g/mol. The van der Waals surface area contributed by atoms with Crippen molar-refractivity contribution in [3.8, 4) is 5.75 Å². The average Bonchev–Trinajstić information content (AvgIpc) is 3.17. The van der Waals surface area contributed by atoms with Crippen LogP contribution in [0.4, 0.5) is 5.69 Å². The van der Waals surface area contributed by atoms with E-state index in [1.807, 2.05) is 18.2 Å². The van der Waals surface area contributed by atoms with Crippen LogP contribution in [0.25, 0.3) is 0 Å². The number of benzene rings is 1. The molecule has 1 aromatic carbocycles. The van der Waals surface area contributed by atoms with Gasteiger partial charge in [0.2, 0.25) is 5.91 Å². The molecule has 1 saturated carbocycles. The molecule has 0 bridgehead atoms.